The number of rotatable bonds is 5. The predicted molar refractivity (Wildman–Crippen MR) is 70.8 cm³/mol. The van der Waals surface area contributed by atoms with E-state index in [-0.39, 0.29) is 0 Å². The van der Waals surface area contributed by atoms with Gasteiger partial charge in [0.05, 0.1) is 0 Å². The molecular formula is C14H21NO2. The van der Waals surface area contributed by atoms with E-state index in [9.17, 15) is 9.90 Å². The molecule has 1 amide bonds. The number of hydrogen-bond donors (Lipinski definition) is 1. The van der Waals surface area contributed by atoms with Crippen molar-refractivity contribution in [3.05, 3.63) is 29.8 Å². The molecule has 1 aromatic carbocycles. The molecule has 0 spiro atoms. The maximum absolute atomic E-state index is 11.2. The molecule has 3 nitrogen and oxygen atoms in total. The lowest BCUT2D eigenvalue weighted by Gasteiger charge is -2.20. The van der Waals surface area contributed by atoms with E-state index in [1.54, 1.807) is 0 Å². The van der Waals surface area contributed by atoms with E-state index in [4.69, 9.17) is 0 Å². The standard InChI is InChI=1S/C14H21NO2/c1-4-5-9-15(14(16)17)13-8-6-7-12(10-13)11(2)3/h6-8,10-11H,4-5,9H2,1-3H3,(H,16,17). The second-order valence-electron chi connectivity index (χ2n) is 4.54. The maximum Gasteiger partial charge on any atom is 0.411 e. The number of benzene rings is 1. The van der Waals surface area contributed by atoms with Crippen LogP contribution < -0.4 is 4.90 Å². The zero-order valence-electron chi connectivity index (χ0n) is 10.8. The van der Waals surface area contributed by atoms with Crippen LogP contribution in [0.5, 0.6) is 0 Å². The van der Waals surface area contributed by atoms with Crippen molar-refractivity contribution in [2.75, 3.05) is 11.4 Å². The van der Waals surface area contributed by atoms with Gasteiger partial charge in [-0.25, -0.2) is 4.79 Å². The van der Waals surface area contributed by atoms with Crippen LogP contribution in [-0.4, -0.2) is 17.7 Å². The molecule has 94 valence electrons. The van der Waals surface area contributed by atoms with E-state index in [0.29, 0.717) is 12.5 Å². The Morgan fingerprint density at radius 1 is 1.41 bits per heavy atom. The first-order valence-electron chi connectivity index (χ1n) is 6.16. The number of hydrogen-bond acceptors (Lipinski definition) is 1. The highest BCUT2D eigenvalue weighted by molar-refractivity contribution is 5.86. The summed E-state index contributed by atoms with van der Waals surface area (Å²) in [5.74, 6) is 0.414. The molecule has 1 rings (SSSR count). The first kappa shape index (κ1) is 13.6. The van der Waals surface area contributed by atoms with Crippen LogP contribution in [0.15, 0.2) is 24.3 Å². The number of nitrogens with zero attached hydrogens (tertiary/aromatic N) is 1. The van der Waals surface area contributed by atoms with E-state index in [1.165, 1.54) is 10.5 Å². The van der Waals surface area contributed by atoms with Crippen molar-refractivity contribution >= 4 is 11.8 Å². The van der Waals surface area contributed by atoms with Crippen molar-refractivity contribution in [1.29, 1.82) is 0 Å². The Kier molecular flexibility index (Phi) is 5.01. The Hall–Kier alpha value is -1.51. The minimum Gasteiger partial charge on any atom is -0.465 e. The Balaban J connectivity index is 2.93. The van der Waals surface area contributed by atoms with Crippen molar-refractivity contribution < 1.29 is 9.90 Å². The molecule has 1 aromatic rings. The van der Waals surface area contributed by atoms with Gasteiger partial charge in [-0.1, -0.05) is 39.3 Å². The summed E-state index contributed by atoms with van der Waals surface area (Å²) in [5, 5.41) is 9.21. The second-order valence-corrected chi connectivity index (χ2v) is 4.54. The van der Waals surface area contributed by atoms with Crippen molar-refractivity contribution in [3.8, 4) is 0 Å². The molecule has 1 N–H and O–H groups in total. The molecule has 0 atom stereocenters. The Morgan fingerprint density at radius 2 is 2.12 bits per heavy atom. The fourth-order valence-corrected chi connectivity index (χ4v) is 1.70. The van der Waals surface area contributed by atoms with Gasteiger partial charge in [-0.3, -0.25) is 4.90 Å². The number of anilines is 1. The lowest BCUT2D eigenvalue weighted by atomic mass is 10.0. The van der Waals surface area contributed by atoms with Gasteiger partial charge in [-0.15, -0.1) is 0 Å². The van der Waals surface area contributed by atoms with Gasteiger partial charge in [0.2, 0.25) is 0 Å². The topological polar surface area (TPSA) is 40.5 Å². The molecule has 0 saturated heterocycles. The summed E-state index contributed by atoms with van der Waals surface area (Å²) in [7, 11) is 0. The Morgan fingerprint density at radius 3 is 2.65 bits per heavy atom. The summed E-state index contributed by atoms with van der Waals surface area (Å²) < 4.78 is 0. The third kappa shape index (κ3) is 3.77. The summed E-state index contributed by atoms with van der Waals surface area (Å²) in [6.07, 6.45) is 1.01. The van der Waals surface area contributed by atoms with Crippen molar-refractivity contribution in [2.45, 2.75) is 39.5 Å². The molecule has 0 saturated carbocycles. The Labute approximate surface area is 103 Å². The van der Waals surface area contributed by atoms with E-state index >= 15 is 0 Å². The van der Waals surface area contributed by atoms with Gasteiger partial charge in [0.15, 0.2) is 0 Å². The number of carbonyl (C=O) groups is 1. The molecule has 0 bridgehead atoms. The fourth-order valence-electron chi connectivity index (χ4n) is 1.70. The van der Waals surface area contributed by atoms with Gasteiger partial charge in [0, 0.05) is 12.2 Å². The predicted octanol–water partition coefficient (Wildman–Crippen LogP) is 4.09. The monoisotopic (exact) mass is 235 g/mol. The summed E-state index contributed by atoms with van der Waals surface area (Å²) in [5.41, 5.74) is 1.95. The van der Waals surface area contributed by atoms with E-state index < -0.39 is 6.09 Å². The summed E-state index contributed by atoms with van der Waals surface area (Å²) >= 11 is 0. The summed E-state index contributed by atoms with van der Waals surface area (Å²) in [6.45, 7) is 6.84. The van der Waals surface area contributed by atoms with Gasteiger partial charge < -0.3 is 5.11 Å². The van der Waals surface area contributed by atoms with Crippen LogP contribution in [0.4, 0.5) is 10.5 Å². The van der Waals surface area contributed by atoms with Gasteiger partial charge in [0.1, 0.15) is 0 Å². The molecule has 0 aliphatic carbocycles. The van der Waals surface area contributed by atoms with E-state index in [2.05, 4.69) is 20.8 Å². The molecule has 0 heterocycles. The second kappa shape index (κ2) is 6.28. The smallest absolute Gasteiger partial charge is 0.411 e. The minimum atomic E-state index is -0.876. The fraction of sp³-hybridized carbons (Fsp3) is 0.500. The van der Waals surface area contributed by atoms with Crippen LogP contribution in [-0.2, 0) is 0 Å². The highest BCUT2D eigenvalue weighted by Gasteiger charge is 2.14. The highest BCUT2D eigenvalue weighted by atomic mass is 16.4. The third-order valence-electron chi connectivity index (χ3n) is 2.81. The third-order valence-corrected chi connectivity index (χ3v) is 2.81. The van der Waals surface area contributed by atoms with Gasteiger partial charge in [0.25, 0.3) is 0 Å². The molecule has 0 unspecified atom stereocenters. The summed E-state index contributed by atoms with van der Waals surface area (Å²) in [6, 6.07) is 7.78. The average Bonchev–Trinajstić information content (AvgIpc) is 2.29. The van der Waals surface area contributed by atoms with Crippen LogP contribution in [0.2, 0.25) is 0 Å². The largest absolute Gasteiger partial charge is 0.465 e. The molecule has 0 aromatic heterocycles. The van der Waals surface area contributed by atoms with Crippen molar-refractivity contribution in [2.24, 2.45) is 0 Å². The first-order valence-corrected chi connectivity index (χ1v) is 6.16. The van der Waals surface area contributed by atoms with Crippen LogP contribution >= 0.6 is 0 Å². The Bertz CT molecular complexity index is 374. The first-order chi connectivity index (χ1) is 8.06. The van der Waals surface area contributed by atoms with Crippen molar-refractivity contribution in [3.63, 3.8) is 0 Å². The van der Waals surface area contributed by atoms with Gasteiger partial charge in [-0.2, -0.15) is 0 Å². The molecule has 3 heteroatoms. The average molecular weight is 235 g/mol. The number of carboxylic acid groups (broad SMARTS) is 1. The van der Waals surface area contributed by atoms with Crippen LogP contribution in [0.3, 0.4) is 0 Å². The zero-order valence-corrected chi connectivity index (χ0v) is 10.8. The van der Waals surface area contributed by atoms with Gasteiger partial charge >= 0.3 is 6.09 Å². The normalized spacial score (nSPS) is 10.6. The van der Waals surface area contributed by atoms with E-state index in [1.807, 2.05) is 24.3 Å². The molecule has 0 fully saturated rings. The molecule has 0 radical (unpaired) electrons. The molecule has 0 aliphatic rings. The quantitative estimate of drug-likeness (QED) is 0.834. The lowest BCUT2D eigenvalue weighted by molar-refractivity contribution is 0.201. The van der Waals surface area contributed by atoms with Crippen molar-refractivity contribution in [1.82, 2.24) is 0 Å². The lowest BCUT2D eigenvalue weighted by Crippen LogP contribution is -2.30. The summed E-state index contributed by atoms with van der Waals surface area (Å²) in [4.78, 5) is 12.6. The van der Waals surface area contributed by atoms with Crippen LogP contribution in [0.25, 0.3) is 0 Å². The van der Waals surface area contributed by atoms with Crippen LogP contribution in [0, 0.1) is 0 Å². The number of amides is 1. The molecular weight excluding hydrogens is 214 g/mol. The molecule has 0 aliphatic heterocycles. The van der Waals surface area contributed by atoms with E-state index in [0.717, 1.165) is 18.5 Å². The molecule has 17 heavy (non-hydrogen) atoms. The van der Waals surface area contributed by atoms with Crippen LogP contribution in [0.1, 0.15) is 45.1 Å². The SMILES string of the molecule is CCCCN(C(=O)O)c1cccc(C(C)C)c1. The minimum absolute atomic E-state index is 0.414. The maximum atomic E-state index is 11.2. The number of unbranched alkanes of at least 4 members (excludes halogenated alkanes) is 1. The highest BCUT2D eigenvalue weighted by Crippen LogP contribution is 2.22. The zero-order chi connectivity index (χ0) is 12.8. The van der Waals surface area contributed by atoms with Gasteiger partial charge in [-0.05, 0) is 30.0 Å².